The van der Waals surface area contributed by atoms with Crippen molar-refractivity contribution in [3.05, 3.63) is 29.8 Å². The molecule has 0 radical (unpaired) electrons. The summed E-state index contributed by atoms with van der Waals surface area (Å²) in [7, 11) is 0. The van der Waals surface area contributed by atoms with Gasteiger partial charge in [0.1, 0.15) is 0 Å². The van der Waals surface area contributed by atoms with E-state index in [9.17, 15) is 0 Å². The van der Waals surface area contributed by atoms with E-state index in [4.69, 9.17) is 0 Å². The molecule has 0 fully saturated rings. The molecule has 0 atom stereocenters. The molecule has 1 aromatic carbocycles. The zero-order valence-electron chi connectivity index (χ0n) is 8.34. The van der Waals surface area contributed by atoms with Crippen molar-refractivity contribution in [3.63, 3.8) is 0 Å². The summed E-state index contributed by atoms with van der Waals surface area (Å²) in [6.07, 6.45) is 0. The Hall–Kier alpha value is -0.470. The van der Waals surface area contributed by atoms with Gasteiger partial charge >= 0.3 is 0 Å². The molecule has 13 heavy (non-hydrogen) atoms. The Morgan fingerprint density at radius 1 is 1.23 bits per heavy atom. The molecule has 0 amide bonds. The van der Waals surface area contributed by atoms with Crippen LogP contribution in [0.25, 0.3) is 0 Å². The topological polar surface area (TPSA) is 12.0 Å². The average molecular weight is 195 g/mol. The van der Waals surface area contributed by atoms with E-state index in [0.29, 0.717) is 0 Å². The maximum atomic E-state index is 3.38. The summed E-state index contributed by atoms with van der Waals surface area (Å²) < 4.78 is 0. The lowest BCUT2D eigenvalue weighted by Crippen LogP contribution is -2.13. The number of hydrogen-bond acceptors (Lipinski definition) is 2. The minimum absolute atomic E-state index is 1.03. The van der Waals surface area contributed by atoms with Gasteiger partial charge in [0.2, 0.25) is 0 Å². The van der Waals surface area contributed by atoms with Crippen LogP contribution < -0.4 is 5.32 Å². The van der Waals surface area contributed by atoms with Gasteiger partial charge in [-0.05, 0) is 11.6 Å². The van der Waals surface area contributed by atoms with Gasteiger partial charge in [-0.2, -0.15) is 0 Å². The van der Waals surface area contributed by atoms with Gasteiger partial charge in [0.15, 0.2) is 0 Å². The fraction of sp³-hybridized carbons (Fsp3) is 0.455. The van der Waals surface area contributed by atoms with E-state index in [1.165, 1.54) is 16.2 Å². The highest BCUT2D eigenvalue weighted by Crippen LogP contribution is 2.23. The lowest BCUT2D eigenvalue weighted by Gasteiger charge is -2.01. The first kappa shape index (κ1) is 10.6. The molecule has 0 aliphatic carbocycles. The van der Waals surface area contributed by atoms with Crippen LogP contribution in [-0.4, -0.2) is 12.3 Å². The third-order valence-corrected chi connectivity index (χ3v) is 2.94. The van der Waals surface area contributed by atoms with Gasteiger partial charge in [0.25, 0.3) is 0 Å². The Morgan fingerprint density at radius 3 is 2.85 bits per heavy atom. The maximum absolute atomic E-state index is 3.38. The molecule has 0 saturated heterocycles. The Labute approximate surface area is 84.9 Å². The Kier molecular flexibility index (Phi) is 4.94. The summed E-state index contributed by atoms with van der Waals surface area (Å²) in [6, 6.07) is 8.61. The van der Waals surface area contributed by atoms with Crippen molar-refractivity contribution in [2.24, 2.45) is 0 Å². The smallest absolute Gasteiger partial charge is 0.0216 e. The van der Waals surface area contributed by atoms with E-state index >= 15 is 0 Å². The second kappa shape index (κ2) is 6.06. The number of benzene rings is 1. The van der Waals surface area contributed by atoms with Gasteiger partial charge in [0.05, 0.1) is 0 Å². The van der Waals surface area contributed by atoms with Crippen molar-refractivity contribution in [2.75, 3.05) is 12.3 Å². The van der Waals surface area contributed by atoms with Gasteiger partial charge < -0.3 is 5.32 Å². The summed E-state index contributed by atoms with van der Waals surface area (Å²) in [6.45, 7) is 6.16. The van der Waals surface area contributed by atoms with Crippen LogP contribution in [0.3, 0.4) is 0 Å². The summed E-state index contributed by atoms with van der Waals surface area (Å²) in [5.41, 5.74) is 1.44. The minimum atomic E-state index is 1.03. The van der Waals surface area contributed by atoms with E-state index < -0.39 is 0 Å². The van der Waals surface area contributed by atoms with Gasteiger partial charge in [-0.1, -0.05) is 32.0 Å². The zero-order chi connectivity index (χ0) is 9.52. The quantitative estimate of drug-likeness (QED) is 0.683. The molecule has 0 spiro atoms. The first-order chi connectivity index (χ1) is 6.47. The first-order valence-corrected chi connectivity index (χ1v) is 5.87. The predicted octanol–water partition coefficient (Wildman–Crippen LogP) is 2.91. The third kappa shape index (κ3) is 3.05. The van der Waals surface area contributed by atoms with E-state index in [0.717, 1.165) is 13.1 Å². The Bertz CT molecular complexity index is 223. The zero-order valence-corrected chi connectivity index (χ0v) is 9.16. The Morgan fingerprint density at radius 2 is 2.00 bits per heavy atom. The molecule has 1 aliphatic rings. The van der Waals surface area contributed by atoms with E-state index in [-0.39, 0.29) is 0 Å². The van der Waals surface area contributed by atoms with Crippen LogP contribution in [0.1, 0.15) is 19.4 Å². The lowest BCUT2D eigenvalue weighted by atomic mass is 10.2. The molecule has 1 aromatic rings. The number of fused-ring (bicyclic) bond motifs is 1. The van der Waals surface area contributed by atoms with Crippen molar-refractivity contribution in [2.45, 2.75) is 25.3 Å². The van der Waals surface area contributed by atoms with Crippen LogP contribution in [-0.2, 0) is 6.54 Å². The fourth-order valence-corrected chi connectivity index (χ4v) is 2.21. The molecule has 2 rings (SSSR count). The standard InChI is InChI=1S/C9H11NS.C2H6/c1-2-4-9-8(3-1)7-10-5-6-11-9;1-2/h1-4,10H,5-7H2;1-2H3. The number of rotatable bonds is 0. The van der Waals surface area contributed by atoms with Crippen molar-refractivity contribution < 1.29 is 0 Å². The minimum Gasteiger partial charge on any atom is -0.312 e. The lowest BCUT2D eigenvalue weighted by molar-refractivity contribution is 0.732. The largest absolute Gasteiger partial charge is 0.312 e. The molecule has 1 heterocycles. The highest BCUT2D eigenvalue weighted by molar-refractivity contribution is 7.99. The van der Waals surface area contributed by atoms with E-state index in [1.807, 2.05) is 25.6 Å². The molecule has 0 aromatic heterocycles. The van der Waals surface area contributed by atoms with Crippen molar-refractivity contribution in [1.29, 1.82) is 0 Å². The molecule has 72 valence electrons. The van der Waals surface area contributed by atoms with Crippen molar-refractivity contribution in [3.8, 4) is 0 Å². The van der Waals surface area contributed by atoms with Gasteiger partial charge in [-0.15, -0.1) is 11.8 Å². The summed E-state index contributed by atoms with van der Waals surface area (Å²) in [5, 5.41) is 3.38. The normalized spacial score (nSPS) is 14.9. The van der Waals surface area contributed by atoms with E-state index in [2.05, 4.69) is 29.6 Å². The molecule has 0 bridgehead atoms. The van der Waals surface area contributed by atoms with Crippen LogP contribution in [0.15, 0.2) is 29.2 Å². The van der Waals surface area contributed by atoms with Crippen LogP contribution in [0.5, 0.6) is 0 Å². The number of thioether (sulfide) groups is 1. The highest BCUT2D eigenvalue weighted by atomic mass is 32.2. The Balaban J connectivity index is 0.000000396. The van der Waals surface area contributed by atoms with Crippen LogP contribution in [0, 0.1) is 0 Å². The number of hydrogen-bond donors (Lipinski definition) is 1. The molecule has 2 heteroatoms. The van der Waals surface area contributed by atoms with Crippen molar-refractivity contribution >= 4 is 11.8 Å². The highest BCUT2D eigenvalue weighted by Gasteiger charge is 2.04. The molecule has 0 saturated carbocycles. The fourth-order valence-electron chi connectivity index (χ4n) is 1.25. The summed E-state index contributed by atoms with van der Waals surface area (Å²) in [5.74, 6) is 1.19. The van der Waals surface area contributed by atoms with Crippen molar-refractivity contribution in [1.82, 2.24) is 5.32 Å². The predicted molar refractivity (Wildman–Crippen MR) is 60.2 cm³/mol. The van der Waals surface area contributed by atoms with Crippen LogP contribution in [0.2, 0.25) is 0 Å². The second-order valence-electron chi connectivity index (χ2n) is 2.63. The van der Waals surface area contributed by atoms with Gasteiger partial charge in [-0.3, -0.25) is 0 Å². The summed E-state index contributed by atoms with van der Waals surface area (Å²) in [4.78, 5) is 1.44. The SMILES string of the molecule is CC.c1ccc2c(c1)CNCCS2. The molecule has 1 N–H and O–H groups in total. The van der Waals surface area contributed by atoms with Gasteiger partial charge in [0, 0.05) is 23.7 Å². The molecule has 1 nitrogen and oxygen atoms in total. The molecular formula is C11H17NS. The first-order valence-electron chi connectivity index (χ1n) is 4.88. The van der Waals surface area contributed by atoms with E-state index in [1.54, 1.807) is 0 Å². The number of nitrogens with one attached hydrogen (secondary N) is 1. The summed E-state index contributed by atoms with van der Waals surface area (Å²) >= 11 is 1.95. The average Bonchev–Trinajstić information content (AvgIpc) is 2.45. The van der Waals surface area contributed by atoms with Crippen LogP contribution >= 0.6 is 11.8 Å². The molecular weight excluding hydrogens is 178 g/mol. The third-order valence-electron chi connectivity index (χ3n) is 1.82. The molecule has 1 aliphatic heterocycles. The van der Waals surface area contributed by atoms with Gasteiger partial charge in [-0.25, -0.2) is 0 Å². The van der Waals surface area contributed by atoms with Crippen LogP contribution in [0.4, 0.5) is 0 Å². The second-order valence-corrected chi connectivity index (χ2v) is 3.77. The maximum Gasteiger partial charge on any atom is 0.0216 e. The monoisotopic (exact) mass is 195 g/mol. The molecule has 0 unspecified atom stereocenters.